The number of piperidine rings is 1. The van der Waals surface area contributed by atoms with Crippen molar-refractivity contribution in [2.75, 3.05) is 26.2 Å². The zero-order valence-corrected chi connectivity index (χ0v) is 11.8. The van der Waals surface area contributed by atoms with Crippen molar-refractivity contribution in [1.29, 1.82) is 0 Å². The molecule has 0 saturated carbocycles. The fourth-order valence-corrected chi connectivity index (χ4v) is 3.18. The fourth-order valence-electron chi connectivity index (χ4n) is 3.18. The van der Waals surface area contributed by atoms with Gasteiger partial charge < -0.3 is 15.4 Å². The molecule has 1 heterocycles. The monoisotopic (exact) mass is 274 g/mol. The molecule has 108 valence electrons. The highest BCUT2D eigenvalue weighted by Crippen LogP contribution is 2.36. The molecule has 2 aliphatic rings. The number of ether oxygens (including phenoxy) is 1. The number of fused-ring (bicyclic) bond motifs is 1. The van der Waals surface area contributed by atoms with Gasteiger partial charge in [-0.3, -0.25) is 4.79 Å². The Kier molecular flexibility index (Phi) is 4.03. The normalized spacial score (nSPS) is 22.2. The molecule has 1 aromatic rings. The minimum absolute atomic E-state index is 0.0905. The standard InChI is InChI=1S/C16H22N2O2/c17-7-10-20-13-5-8-18(9-6-13)16(19)15-11-12-3-1-2-4-14(12)15/h1-4,13,15H,5-11,17H2. The Balaban J connectivity index is 1.53. The number of rotatable bonds is 4. The molecule has 1 aliphatic heterocycles. The summed E-state index contributed by atoms with van der Waals surface area (Å²) < 4.78 is 5.65. The molecule has 0 spiro atoms. The van der Waals surface area contributed by atoms with E-state index in [0.717, 1.165) is 32.4 Å². The van der Waals surface area contributed by atoms with Gasteiger partial charge in [0.1, 0.15) is 0 Å². The molecule has 20 heavy (non-hydrogen) atoms. The molecule has 2 N–H and O–H groups in total. The number of hydrogen-bond donors (Lipinski definition) is 1. The van der Waals surface area contributed by atoms with Gasteiger partial charge in [0.05, 0.1) is 18.6 Å². The van der Waals surface area contributed by atoms with Crippen molar-refractivity contribution in [3.05, 3.63) is 35.4 Å². The van der Waals surface area contributed by atoms with E-state index in [2.05, 4.69) is 12.1 Å². The summed E-state index contributed by atoms with van der Waals surface area (Å²) in [4.78, 5) is 14.5. The van der Waals surface area contributed by atoms with Gasteiger partial charge in [-0.25, -0.2) is 0 Å². The minimum atomic E-state index is 0.0905. The molecule has 0 bridgehead atoms. The van der Waals surface area contributed by atoms with E-state index in [1.807, 2.05) is 17.0 Å². The molecule has 1 aliphatic carbocycles. The lowest BCUT2D eigenvalue weighted by Gasteiger charge is -2.37. The summed E-state index contributed by atoms with van der Waals surface area (Å²) in [5.41, 5.74) is 7.99. The second-order valence-electron chi connectivity index (χ2n) is 5.64. The number of nitrogens with zero attached hydrogens (tertiary/aromatic N) is 1. The van der Waals surface area contributed by atoms with Crippen molar-refractivity contribution in [1.82, 2.24) is 4.90 Å². The predicted octanol–water partition coefficient (Wildman–Crippen LogP) is 1.29. The molecule has 0 radical (unpaired) electrons. The summed E-state index contributed by atoms with van der Waals surface area (Å²) in [6, 6.07) is 8.26. The first-order valence-electron chi connectivity index (χ1n) is 7.48. The molecule has 1 fully saturated rings. The van der Waals surface area contributed by atoms with Gasteiger partial charge in [-0.2, -0.15) is 0 Å². The maximum atomic E-state index is 12.5. The van der Waals surface area contributed by atoms with Crippen LogP contribution in [-0.2, 0) is 16.0 Å². The largest absolute Gasteiger partial charge is 0.377 e. The lowest BCUT2D eigenvalue weighted by atomic mass is 9.76. The third kappa shape index (κ3) is 2.58. The molecule has 1 unspecified atom stereocenters. The van der Waals surface area contributed by atoms with Crippen LogP contribution in [0.15, 0.2) is 24.3 Å². The number of likely N-dealkylation sites (tertiary alicyclic amines) is 1. The predicted molar refractivity (Wildman–Crippen MR) is 77.5 cm³/mol. The van der Waals surface area contributed by atoms with Crippen LogP contribution < -0.4 is 5.73 Å². The zero-order valence-electron chi connectivity index (χ0n) is 11.8. The topological polar surface area (TPSA) is 55.6 Å². The molecule has 0 aromatic heterocycles. The van der Waals surface area contributed by atoms with Crippen LogP contribution >= 0.6 is 0 Å². The summed E-state index contributed by atoms with van der Waals surface area (Å²) in [6.07, 6.45) is 3.04. The van der Waals surface area contributed by atoms with Crippen molar-refractivity contribution in [3.63, 3.8) is 0 Å². The van der Waals surface area contributed by atoms with Gasteiger partial charge in [0, 0.05) is 19.6 Å². The van der Waals surface area contributed by atoms with Crippen LogP contribution in [0.2, 0.25) is 0 Å². The minimum Gasteiger partial charge on any atom is -0.377 e. The van der Waals surface area contributed by atoms with Crippen molar-refractivity contribution in [3.8, 4) is 0 Å². The van der Waals surface area contributed by atoms with Gasteiger partial charge in [0.25, 0.3) is 0 Å². The van der Waals surface area contributed by atoms with Gasteiger partial charge >= 0.3 is 0 Å². The Bertz CT molecular complexity index is 481. The molecule has 3 rings (SSSR count). The molecule has 1 atom stereocenters. The van der Waals surface area contributed by atoms with Crippen molar-refractivity contribution < 1.29 is 9.53 Å². The Morgan fingerprint density at radius 3 is 2.75 bits per heavy atom. The van der Waals surface area contributed by atoms with E-state index in [0.29, 0.717) is 19.1 Å². The highest BCUT2D eigenvalue weighted by atomic mass is 16.5. The number of carbonyl (C=O) groups is 1. The highest BCUT2D eigenvalue weighted by molar-refractivity contribution is 5.87. The van der Waals surface area contributed by atoms with Crippen molar-refractivity contribution in [2.24, 2.45) is 5.73 Å². The van der Waals surface area contributed by atoms with E-state index in [-0.39, 0.29) is 12.0 Å². The van der Waals surface area contributed by atoms with Gasteiger partial charge in [-0.1, -0.05) is 24.3 Å². The van der Waals surface area contributed by atoms with E-state index < -0.39 is 0 Å². The second kappa shape index (κ2) is 5.94. The summed E-state index contributed by atoms with van der Waals surface area (Å²) >= 11 is 0. The van der Waals surface area contributed by atoms with Gasteiger partial charge in [-0.15, -0.1) is 0 Å². The van der Waals surface area contributed by atoms with Crippen LogP contribution in [0.1, 0.15) is 29.9 Å². The van der Waals surface area contributed by atoms with E-state index >= 15 is 0 Å². The van der Waals surface area contributed by atoms with Gasteiger partial charge in [-0.05, 0) is 30.4 Å². The smallest absolute Gasteiger partial charge is 0.230 e. The number of nitrogens with two attached hydrogens (primary N) is 1. The summed E-state index contributed by atoms with van der Waals surface area (Å²) in [7, 11) is 0. The first-order chi connectivity index (χ1) is 9.79. The van der Waals surface area contributed by atoms with E-state index in [9.17, 15) is 4.79 Å². The average Bonchev–Trinajstić information content (AvgIpc) is 2.47. The maximum Gasteiger partial charge on any atom is 0.230 e. The van der Waals surface area contributed by atoms with Crippen molar-refractivity contribution in [2.45, 2.75) is 31.3 Å². The Labute approximate surface area is 119 Å². The Morgan fingerprint density at radius 1 is 1.30 bits per heavy atom. The van der Waals surface area contributed by atoms with Gasteiger partial charge in [0.2, 0.25) is 5.91 Å². The second-order valence-corrected chi connectivity index (χ2v) is 5.64. The van der Waals surface area contributed by atoms with Crippen LogP contribution in [0.25, 0.3) is 0 Å². The first-order valence-corrected chi connectivity index (χ1v) is 7.48. The van der Waals surface area contributed by atoms with Gasteiger partial charge in [0.15, 0.2) is 0 Å². The molecular weight excluding hydrogens is 252 g/mol. The molecular formula is C16H22N2O2. The first kappa shape index (κ1) is 13.6. The average molecular weight is 274 g/mol. The van der Waals surface area contributed by atoms with Crippen molar-refractivity contribution >= 4 is 5.91 Å². The third-order valence-electron chi connectivity index (χ3n) is 4.38. The van der Waals surface area contributed by atoms with E-state index in [1.165, 1.54) is 11.1 Å². The molecule has 1 saturated heterocycles. The van der Waals surface area contributed by atoms with Crippen LogP contribution in [0.5, 0.6) is 0 Å². The lowest BCUT2D eigenvalue weighted by Crippen LogP contribution is -2.45. The fraction of sp³-hybridized carbons (Fsp3) is 0.562. The quantitative estimate of drug-likeness (QED) is 0.900. The van der Waals surface area contributed by atoms with E-state index in [4.69, 9.17) is 10.5 Å². The zero-order chi connectivity index (χ0) is 13.9. The van der Waals surface area contributed by atoms with Crippen LogP contribution in [-0.4, -0.2) is 43.2 Å². The summed E-state index contributed by atoms with van der Waals surface area (Å²) in [5.74, 6) is 0.383. The SMILES string of the molecule is NCCOC1CCN(C(=O)C2Cc3ccccc32)CC1. The van der Waals surface area contributed by atoms with Crippen LogP contribution in [0.3, 0.4) is 0 Å². The molecule has 1 amide bonds. The number of amides is 1. The highest BCUT2D eigenvalue weighted by Gasteiger charge is 2.35. The van der Waals surface area contributed by atoms with Crippen LogP contribution in [0, 0.1) is 0 Å². The van der Waals surface area contributed by atoms with Crippen LogP contribution in [0.4, 0.5) is 0 Å². The van der Waals surface area contributed by atoms with E-state index in [1.54, 1.807) is 0 Å². The Hall–Kier alpha value is -1.39. The lowest BCUT2D eigenvalue weighted by molar-refractivity contribution is -0.136. The third-order valence-corrected chi connectivity index (χ3v) is 4.38. The maximum absolute atomic E-state index is 12.5. The number of hydrogen-bond acceptors (Lipinski definition) is 3. The summed E-state index contributed by atoms with van der Waals surface area (Å²) in [5, 5.41) is 0. The molecule has 4 nitrogen and oxygen atoms in total. The Morgan fingerprint density at radius 2 is 2.05 bits per heavy atom. The number of carbonyl (C=O) groups excluding carboxylic acids is 1. The molecule has 4 heteroatoms. The number of benzene rings is 1. The molecule has 1 aromatic carbocycles. The summed E-state index contributed by atoms with van der Waals surface area (Å²) in [6.45, 7) is 2.81.